The summed E-state index contributed by atoms with van der Waals surface area (Å²) >= 11 is 0. The van der Waals surface area contributed by atoms with Gasteiger partial charge in [-0.3, -0.25) is 0 Å². The van der Waals surface area contributed by atoms with E-state index in [-0.39, 0.29) is 11.6 Å². The zero-order valence-corrected chi connectivity index (χ0v) is 10.6. The summed E-state index contributed by atoms with van der Waals surface area (Å²) < 4.78 is 11.1. The number of ether oxygens (including phenoxy) is 1. The number of hydrogen-bond acceptors (Lipinski definition) is 3. The zero-order valence-electron chi connectivity index (χ0n) is 10.6. The lowest BCUT2D eigenvalue weighted by Gasteiger charge is -2.27. The molecule has 1 aliphatic rings. The molecule has 94 valence electrons. The SMILES string of the molecule is CC1(C)Oc2ccccc2C1NCc1ccoc1. The molecule has 2 heterocycles. The molecule has 1 unspecified atom stereocenters. The molecule has 0 amide bonds. The van der Waals surface area contributed by atoms with Crippen LogP contribution in [0.25, 0.3) is 0 Å². The van der Waals surface area contributed by atoms with Gasteiger partial charge in [-0.15, -0.1) is 0 Å². The van der Waals surface area contributed by atoms with Gasteiger partial charge in [0.05, 0.1) is 18.6 Å². The van der Waals surface area contributed by atoms with Gasteiger partial charge in [0.15, 0.2) is 0 Å². The Morgan fingerprint density at radius 2 is 2.06 bits per heavy atom. The van der Waals surface area contributed by atoms with Crippen LogP contribution in [0.3, 0.4) is 0 Å². The van der Waals surface area contributed by atoms with Gasteiger partial charge < -0.3 is 14.5 Å². The first kappa shape index (κ1) is 11.4. The summed E-state index contributed by atoms with van der Waals surface area (Å²) in [5, 5.41) is 3.55. The average molecular weight is 243 g/mol. The molecule has 0 radical (unpaired) electrons. The Hall–Kier alpha value is -1.74. The molecule has 1 atom stereocenters. The summed E-state index contributed by atoms with van der Waals surface area (Å²) in [6, 6.07) is 10.4. The first-order valence-electron chi connectivity index (χ1n) is 6.19. The number of rotatable bonds is 3. The largest absolute Gasteiger partial charge is 0.486 e. The van der Waals surface area contributed by atoms with E-state index in [2.05, 4.69) is 31.3 Å². The quantitative estimate of drug-likeness (QED) is 0.898. The fourth-order valence-electron chi connectivity index (χ4n) is 2.50. The van der Waals surface area contributed by atoms with Crippen LogP contribution in [0.2, 0.25) is 0 Å². The second-order valence-corrected chi connectivity index (χ2v) is 5.19. The van der Waals surface area contributed by atoms with Crippen molar-refractivity contribution in [3.8, 4) is 5.75 Å². The summed E-state index contributed by atoms with van der Waals surface area (Å²) in [7, 11) is 0. The minimum Gasteiger partial charge on any atom is -0.486 e. The maximum absolute atomic E-state index is 5.99. The smallest absolute Gasteiger partial charge is 0.125 e. The van der Waals surface area contributed by atoms with Gasteiger partial charge in [0.1, 0.15) is 11.4 Å². The third-order valence-electron chi connectivity index (χ3n) is 3.39. The molecule has 3 heteroatoms. The van der Waals surface area contributed by atoms with Crippen molar-refractivity contribution in [3.63, 3.8) is 0 Å². The van der Waals surface area contributed by atoms with Crippen molar-refractivity contribution in [3.05, 3.63) is 54.0 Å². The lowest BCUT2D eigenvalue weighted by Crippen LogP contribution is -2.38. The van der Waals surface area contributed by atoms with Crippen LogP contribution in [-0.4, -0.2) is 5.60 Å². The number of furan rings is 1. The van der Waals surface area contributed by atoms with E-state index in [0.29, 0.717) is 0 Å². The second-order valence-electron chi connectivity index (χ2n) is 5.19. The molecule has 0 saturated carbocycles. The molecule has 1 aliphatic heterocycles. The van der Waals surface area contributed by atoms with E-state index in [1.807, 2.05) is 18.2 Å². The van der Waals surface area contributed by atoms with Crippen molar-refractivity contribution < 1.29 is 9.15 Å². The highest BCUT2D eigenvalue weighted by molar-refractivity contribution is 5.42. The predicted octanol–water partition coefficient (Wildman–Crippen LogP) is 3.28. The average Bonchev–Trinajstić information content (AvgIpc) is 2.91. The van der Waals surface area contributed by atoms with E-state index < -0.39 is 0 Å². The Bertz CT molecular complexity index is 531. The Morgan fingerprint density at radius 3 is 2.83 bits per heavy atom. The van der Waals surface area contributed by atoms with Gasteiger partial charge in [-0.05, 0) is 26.0 Å². The summed E-state index contributed by atoms with van der Waals surface area (Å²) in [5.74, 6) is 0.979. The lowest BCUT2D eigenvalue weighted by atomic mass is 9.94. The van der Waals surface area contributed by atoms with E-state index in [0.717, 1.165) is 17.9 Å². The van der Waals surface area contributed by atoms with Gasteiger partial charge >= 0.3 is 0 Å². The molecule has 18 heavy (non-hydrogen) atoms. The fourth-order valence-corrected chi connectivity index (χ4v) is 2.50. The third kappa shape index (κ3) is 1.91. The number of fused-ring (bicyclic) bond motifs is 1. The summed E-state index contributed by atoms with van der Waals surface area (Å²) in [5.41, 5.74) is 2.15. The van der Waals surface area contributed by atoms with Crippen LogP contribution in [0, 0.1) is 0 Å². The van der Waals surface area contributed by atoms with Crippen LogP contribution < -0.4 is 10.1 Å². The van der Waals surface area contributed by atoms with Crippen LogP contribution in [-0.2, 0) is 6.54 Å². The molecule has 1 aromatic heterocycles. The molecule has 1 N–H and O–H groups in total. The third-order valence-corrected chi connectivity index (χ3v) is 3.39. The number of hydrogen-bond donors (Lipinski definition) is 1. The maximum Gasteiger partial charge on any atom is 0.125 e. The summed E-state index contributed by atoms with van der Waals surface area (Å²) in [6.45, 7) is 5.00. The number of benzene rings is 1. The topological polar surface area (TPSA) is 34.4 Å². The van der Waals surface area contributed by atoms with Gasteiger partial charge in [-0.2, -0.15) is 0 Å². The molecule has 1 aromatic carbocycles. The van der Waals surface area contributed by atoms with Gasteiger partial charge in [-0.25, -0.2) is 0 Å². The Kier molecular flexibility index (Phi) is 2.63. The molecule has 0 fully saturated rings. The second kappa shape index (κ2) is 4.18. The Balaban J connectivity index is 1.81. The van der Waals surface area contributed by atoms with E-state index in [9.17, 15) is 0 Å². The van der Waals surface area contributed by atoms with E-state index >= 15 is 0 Å². The lowest BCUT2D eigenvalue weighted by molar-refractivity contribution is 0.0958. The molecule has 2 aromatic rings. The van der Waals surface area contributed by atoms with Crippen LogP contribution in [0.1, 0.15) is 31.0 Å². The van der Waals surface area contributed by atoms with Crippen LogP contribution in [0.4, 0.5) is 0 Å². The normalized spacial score (nSPS) is 20.4. The molecular weight excluding hydrogens is 226 g/mol. The van der Waals surface area contributed by atoms with Crippen molar-refractivity contribution in [1.82, 2.24) is 5.32 Å². The minimum absolute atomic E-state index is 0.198. The van der Waals surface area contributed by atoms with Crippen molar-refractivity contribution in [2.24, 2.45) is 0 Å². The molecule has 0 saturated heterocycles. The van der Waals surface area contributed by atoms with Gasteiger partial charge in [-0.1, -0.05) is 18.2 Å². The monoisotopic (exact) mass is 243 g/mol. The zero-order chi connectivity index (χ0) is 12.6. The highest BCUT2D eigenvalue weighted by Gasteiger charge is 2.40. The highest BCUT2D eigenvalue weighted by atomic mass is 16.5. The van der Waals surface area contributed by atoms with Crippen molar-refractivity contribution >= 4 is 0 Å². The number of para-hydroxylation sites is 1. The van der Waals surface area contributed by atoms with Crippen LogP contribution >= 0.6 is 0 Å². The van der Waals surface area contributed by atoms with Crippen molar-refractivity contribution in [2.75, 3.05) is 0 Å². The number of nitrogens with one attached hydrogen (secondary N) is 1. The van der Waals surface area contributed by atoms with Gasteiger partial charge in [0.2, 0.25) is 0 Å². The van der Waals surface area contributed by atoms with Crippen molar-refractivity contribution in [2.45, 2.75) is 32.0 Å². The minimum atomic E-state index is -0.229. The molecule has 3 nitrogen and oxygen atoms in total. The van der Waals surface area contributed by atoms with Crippen molar-refractivity contribution in [1.29, 1.82) is 0 Å². The molecular formula is C15H17NO2. The van der Waals surface area contributed by atoms with Gasteiger partial charge in [0.25, 0.3) is 0 Å². The fraction of sp³-hybridized carbons (Fsp3) is 0.333. The summed E-state index contributed by atoms with van der Waals surface area (Å²) in [6.07, 6.45) is 3.46. The van der Waals surface area contributed by atoms with E-state index in [1.54, 1.807) is 12.5 Å². The standard InChI is InChI=1S/C15H17NO2/c1-15(2)14(16-9-11-7-8-17-10-11)12-5-3-4-6-13(12)18-15/h3-8,10,14,16H,9H2,1-2H3. The first-order chi connectivity index (χ1) is 8.67. The Morgan fingerprint density at radius 1 is 1.22 bits per heavy atom. The molecule has 3 rings (SSSR count). The molecule has 0 aliphatic carbocycles. The first-order valence-corrected chi connectivity index (χ1v) is 6.19. The maximum atomic E-state index is 5.99. The predicted molar refractivity (Wildman–Crippen MR) is 69.4 cm³/mol. The van der Waals surface area contributed by atoms with Gasteiger partial charge in [0, 0.05) is 17.7 Å². The van der Waals surface area contributed by atoms with Crippen LogP contribution in [0.5, 0.6) is 5.75 Å². The molecule has 0 spiro atoms. The van der Waals surface area contributed by atoms with Crippen LogP contribution in [0.15, 0.2) is 47.3 Å². The highest BCUT2D eigenvalue weighted by Crippen LogP contribution is 2.42. The van der Waals surface area contributed by atoms with E-state index in [4.69, 9.17) is 9.15 Å². The summed E-state index contributed by atoms with van der Waals surface area (Å²) in [4.78, 5) is 0. The molecule has 0 bridgehead atoms. The Labute approximate surface area is 107 Å². The van der Waals surface area contributed by atoms with E-state index in [1.165, 1.54) is 5.56 Å².